The first-order valence-electron chi connectivity index (χ1n) is 13.5. The third-order valence-corrected chi connectivity index (χ3v) is 7.58. The second-order valence-electron chi connectivity index (χ2n) is 10.3. The second-order valence-corrected chi connectivity index (χ2v) is 10.3. The highest BCUT2D eigenvalue weighted by Crippen LogP contribution is 2.48. The second kappa shape index (κ2) is 10.8. The van der Waals surface area contributed by atoms with Crippen LogP contribution in [0.4, 0.5) is 0 Å². The van der Waals surface area contributed by atoms with Crippen molar-refractivity contribution in [2.45, 2.75) is 51.7 Å². The number of hydrogen-bond acceptors (Lipinski definition) is 4. The summed E-state index contributed by atoms with van der Waals surface area (Å²) in [6.45, 7) is 6.35. The number of rotatable bonds is 11. The van der Waals surface area contributed by atoms with Gasteiger partial charge in [-0.3, -0.25) is 4.90 Å². The van der Waals surface area contributed by atoms with E-state index < -0.39 is 0 Å². The summed E-state index contributed by atoms with van der Waals surface area (Å²) in [7, 11) is 0. The van der Waals surface area contributed by atoms with Crippen LogP contribution < -0.4 is 9.47 Å². The summed E-state index contributed by atoms with van der Waals surface area (Å²) in [6, 6.07) is 27.9. The molecule has 0 saturated heterocycles. The number of ether oxygens (including phenoxy) is 2. The maximum absolute atomic E-state index is 5.67. The van der Waals surface area contributed by atoms with Crippen molar-refractivity contribution in [2.75, 3.05) is 13.3 Å². The van der Waals surface area contributed by atoms with E-state index in [4.69, 9.17) is 14.5 Å². The van der Waals surface area contributed by atoms with Crippen molar-refractivity contribution < 1.29 is 9.47 Å². The van der Waals surface area contributed by atoms with Gasteiger partial charge >= 0.3 is 0 Å². The standard InChI is InChI=1S/C32H35N3O2/c1-2-3-16-35-28(19-33-32(35)26-12-8-5-9-13-26)22-34(20-24-14-15-30-31(17-24)37-23-36-30)21-27-18-29(27)25-10-6-4-7-11-25/h4-15,17,19,27,29H,2-3,16,18,20-23H2,1H3. The number of hydrogen-bond donors (Lipinski definition) is 0. The first-order valence-corrected chi connectivity index (χ1v) is 13.5. The Morgan fingerprint density at radius 2 is 1.70 bits per heavy atom. The Bertz CT molecular complexity index is 1320. The fraction of sp³-hybridized carbons (Fsp3) is 0.344. The molecule has 1 fully saturated rings. The van der Waals surface area contributed by atoms with Crippen molar-refractivity contribution in [1.82, 2.24) is 14.5 Å². The van der Waals surface area contributed by atoms with Crippen LogP contribution in [0.2, 0.25) is 0 Å². The number of nitrogens with zero attached hydrogens (tertiary/aromatic N) is 3. The number of fused-ring (bicyclic) bond motifs is 1. The summed E-state index contributed by atoms with van der Waals surface area (Å²) in [5.74, 6) is 4.10. The molecule has 37 heavy (non-hydrogen) atoms. The summed E-state index contributed by atoms with van der Waals surface area (Å²) in [4.78, 5) is 7.50. The molecule has 2 heterocycles. The molecular formula is C32H35N3O2. The molecule has 2 unspecified atom stereocenters. The summed E-state index contributed by atoms with van der Waals surface area (Å²) < 4.78 is 13.6. The Balaban J connectivity index is 1.26. The van der Waals surface area contributed by atoms with Gasteiger partial charge in [0.25, 0.3) is 0 Å². The van der Waals surface area contributed by atoms with Gasteiger partial charge in [0, 0.05) is 31.7 Å². The fourth-order valence-corrected chi connectivity index (χ4v) is 5.52. The number of unbranched alkanes of at least 4 members (excludes halogenated alkanes) is 1. The highest BCUT2D eigenvalue weighted by atomic mass is 16.7. The first kappa shape index (κ1) is 23.8. The molecule has 3 aromatic carbocycles. The van der Waals surface area contributed by atoms with Crippen LogP contribution >= 0.6 is 0 Å². The van der Waals surface area contributed by atoms with Gasteiger partial charge in [-0.25, -0.2) is 4.98 Å². The van der Waals surface area contributed by atoms with Crippen LogP contribution in [-0.2, 0) is 19.6 Å². The monoisotopic (exact) mass is 493 g/mol. The number of imidazole rings is 1. The van der Waals surface area contributed by atoms with E-state index in [1.54, 1.807) is 0 Å². The van der Waals surface area contributed by atoms with Crippen LogP contribution in [0.1, 0.15) is 48.9 Å². The summed E-state index contributed by atoms with van der Waals surface area (Å²) in [5, 5.41) is 0. The van der Waals surface area contributed by atoms with Crippen LogP contribution in [0.3, 0.4) is 0 Å². The highest BCUT2D eigenvalue weighted by molar-refractivity contribution is 5.56. The topological polar surface area (TPSA) is 39.5 Å². The molecular weight excluding hydrogens is 458 g/mol. The molecule has 2 atom stereocenters. The van der Waals surface area contributed by atoms with Crippen LogP contribution in [0.15, 0.2) is 85.1 Å². The molecule has 5 heteroatoms. The molecule has 0 bridgehead atoms. The average Bonchev–Trinajstić information content (AvgIpc) is 3.35. The van der Waals surface area contributed by atoms with Crippen LogP contribution in [-0.4, -0.2) is 27.8 Å². The highest BCUT2D eigenvalue weighted by Gasteiger charge is 2.39. The van der Waals surface area contributed by atoms with Crippen molar-refractivity contribution in [3.63, 3.8) is 0 Å². The molecule has 0 amide bonds. The summed E-state index contributed by atoms with van der Waals surface area (Å²) >= 11 is 0. The molecule has 1 saturated carbocycles. The molecule has 1 aliphatic carbocycles. The van der Waals surface area contributed by atoms with Crippen molar-refractivity contribution in [3.05, 3.63) is 102 Å². The SMILES string of the molecule is CCCCn1c(CN(Cc2ccc3c(c2)OCO3)CC2CC2c2ccccc2)cnc1-c1ccccc1. The minimum atomic E-state index is 0.308. The van der Waals surface area contributed by atoms with Crippen molar-refractivity contribution in [2.24, 2.45) is 5.92 Å². The Labute approximate surface area is 219 Å². The Morgan fingerprint density at radius 3 is 2.51 bits per heavy atom. The van der Waals surface area contributed by atoms with Gasteiger partial charge in [-0.05, 0) is 47.9 Å². The minimum absolute atomic E-state index is 0.308. The minimum Gasteiger partial charge on any atom is -0.454 e. The van der Waals surface area contributed by atoms with E-state index in [-0.39, 0.29) is 0 Å². The van der Waals surface area contributed by atoms with E-state index in [0.29, 0.717) is 18.6 Å². The van der Waals surface area contributed by atoms with Crippen LogP contribution in [0, 0.1) is 5.92 Å². The van der Waals surface area contributed by atoms with Crippen molar-refractivity contribution >= 4 is 0 Å². The maximum atomic E-state index is 5.67. The lowest BCUT2D eigenvalue weighted by Gasteiger charge is -2.24. The van der Waals surface area contributed by atoms with E-state index in [9.17, 15) is 0 Å². The molecule has 6 rings (SSSR count). The van der Waals surface area contributed by atoms with Gasteiger partial charge in [0.2, 0.25) is 6.79 Å². The average molecular weight is 494 g/mol. The molecule has 0 spiro atoms. The van der Waals surface area contributed by atoms with Crippen molar-refractivity contribution in [3.8, 4) is 22.9 Å². The van der Waals surface area contributed by atoms with Gasteiger partial charge in [0.1, 0.15) is 5.82 Å². The maximum Gasteiger partial charge on any atom is 0.231 e. The van der Waals surface area contributed by atoms with Gasteiger partial charge in [0.05, 0.1) is 11.9 Å². The third kappa shape index (κ3) is 5.42. The number of benzene rings is 3. The zero-order valence-corrected chi connectivity index (χ0v) is 21.6. The molecule has 2 aliphatic rings. The third-order valence-electron chi connectivity index (χ3n) is 7.58. The Hall–Kier alpha value is -3.57. The van der Waals surface area contributed by atoms with Gasteiger partial charge in [-0.15, -0.1) is 0 Å². The number of aromatic nitrogens is 2. The predicted octanol–water partition coefficient (Wildman–Crippen LogP) is 6.88. The molecule has 190 valence electrons. The van der Waals surface area contributed by atoms with E-state index >= 15 is 0 Å². The van der Waals surface area contributed by atoms with E-state index in [0.717, 1.165) is 56.3 Å². The quantitative estimate of drug-likeness (QED) is 0.228. The lowest BCUT2D eigenvalue weighted by molar-refractivity contribution is 0.174. The Kier molecular flexibility index (Phi) is 6.96. The molecule has 0 radical (unpaired) electrons. The zero-order chi connectivity index (χ0) is 25.0. The molecule has 1 aliphatic heterocycles. The van der Waals surface area contributed by atoms with Gasteiger partial charge in [-0.1, -0.05) is 80.1 Å². The molecule has 4 aromatic rings. The summed E-state index contributed by atoms with van der Waals surface area (Å²) in [6.07, 6.45) is 5.65. The summed E-state index contributed by atoms with van der Waals surface area (Å²) in [5.41, 5.74) is 5.18. The largest absolute Gasteiger partial charge is 0.454 e. The van der Waals surface area contributed by atoms with Crippen molar-refractivity contribution in [1.29, 1.82) is 0 Å². The van der Waals surface area contributed by atoms with Gasteiger partial charge < -0.3 is 14.0 Å². The predicted molar refractivity (Wildman–Crippen MR) is 147 cm³/mol. The smallest absolute Gasteiger partial charge is 0.231 e. The fourth-order valence-electron chi connectivity index (χ4n) is 5.52. The van der Waals surface area contributed by atoms with E-state index in [1.165, 1.54) is 28.8 Å². The molecule has 0 N–H and O–H groups in total. The van der Waals surface area contributed by atoms with Crippen LogP contribution in [0.5, 0.6) is 11.5 Å². The normalized spacial score (nSPS) is 17.9. The molecule has 5 nitrogen and oxygen atoms in total. The lowest BCUT2D eigenvalue weighted by atomic mass is 10.1. The first-order chi connectivity index (χ1) is 18.3. The zero-order valence-electron chi connectivity index (χ0n) is 21.6. The lowest BCUT2D eigenvalue weighted by Crippen LogP contribution is -2.27. The van der Waals surface area contributed by atoms with E-state index in [1.807, 2.05) is 6.07 Å². The van der Waals surface area contributed by atoms with E-state index in [2.05, 4.69) is 95.4 Å². The van der Waals surface area contributed by atoms with Gasteiger partial charge in [0.15, 0.2) is 11.5 Å². The van der Waals surface area contributed by atoms with Crippen LogP contribution in [0.25, 0.3) is 11.4 Å². The Morgan fingerprint density at radius 1 is 0.919 bits per heavy atom. The van der Waals surface area contributed by atoms with Gasteiger partial charge in [-0.2, -0.15) is 0 Å². The molecule has 1 aromatic heterocycles.